The first-order valence-corrected chi connectivity index (χ1v) is 4.84. The van der Waals surface area contributed by atoms with Crippen molar-refractivity contribution in [1.82, 2.24) is 4.98 Å². The van der Waals surface area contributed by atoms with Crippen LogP contribution in [0, 0.1) is 10.1 Å². The minimum Gasteiger partial charge on any atom is -0.392 e. The van der Waals surface area contributed by atoms with Gasteiger partial charge >= 0.3 is 0 Å². The maximum atomic E-state index is 10.5. The molecule has 0 fully saturated rings. The predicted octanol–water partition coefficient (Wildman–Crippen LogP) is 1.86. The van der Waals surface area contributed by atoms with Gasteiger partial charge in [-0.05, 0) is 6.42 Å². The van der Waals surface area contributed by atoms with Gasteiger partial charge in [-0.15, -0.1) is 0 Å². The Morgan fingerprint density at radius 3 is 2.87 bits per heavy atom. The first-order chi connectivity index (χ1) is 7.06. The number of nitrogens with zero attached hydrogens (tertiary/aromatic N) is 2. The van der Waals surface area contributed by atoms with E-state index < -0.39 is 11.0 Å². The maximum Gasteiger partial charge on any atom is 0.272 e. The monoisotopic (exact) mass is 210 g/mol. The molecule has 0 saturated carbocycles. The van der Waals surface area contributed by atoms with Crippen LogP contribution in [0.3, 0.4) is 0 Å². The highest BCUT2D eigenvalue weighted by Crippen LogP contribution is 2.22. The van der Waals surface area contributed by atoms with Crippen molar-refractivity contribution >= 4 is 5.69 Å². The van der Waals surface area contributed by atoms with Gasteiger partial charge in [0.15, 0.2) is 0 Å². The zero-order valence-electron chi connectivity index (χ0n) is 8.75. The number of aromatic nitrogens is 1. The zero-order chi connectivity index (χ0) is 11.4. The van der Waals surface area contributed by atoms with Crippen LogP contribution in [0.4, 0.5) is 5.69 Å². The van der Waals surface area contributed by atoms with Crippen LogP contribution in [0.25, 0.3) is 0 Å². The minimum absolute atomic E-state index is 0.00940. The van der Waals surface area contributed by atoms with Crippen LogP contribution in [0.5, 0.6) is 0 Å². The highest BCUT2D eigenvalue weighted by molar-refractivity contribution is 5.31. The molecule has 2 atom stereocenters. The van der Waals surface area contributed by atoms with Gasteiger partial charge in [0.1, 0.15) is 0 Å². The molecular weight excluding hydrogens is 196 g/mol. The van der Waals surface area contributed by atoms with Gasteiger partial charge in [-0.2, -0.15) is 0 Å². The van der Waals surface area contributed by atoms with E-state index in [4.69, 9.17) is 0 Å². The average molecular weight is 210 g/mol. The van der Waals surface area contributed by atoms with E-state index in [-0.39, 0.29) is 11.6 Å². The van der Waals surface area contributed by atoms with Crippen molar-refractivity contribution in [3.8, 4) is 0 Å². The highest BCUT2D eigenvalue weighted by atomic mass is 16.6. The van der Waals surface area contributed by atoms with Gasteiger partial charge in [-0.25, -0.2) is 0 Å². The second-order valence-corrected chi connectivity index (χ2v) is 3.46. The van der Waals surface area contributed by atoms with Crippen molar-refractivity contribution in [1.29, 1.82) is 0 Å². The van der Waals surface area contributed by atoms with E-state index in [0.29, 0.717) is 12.1 Å². The Labute approximate surface area is 87.9 Å². The van der Waals surface area contributed by atoms with Crippen LogP contribution in [-0.2, 0) is 0 Å². The Balaban J connectivity index is 2.94. The molecule has 2 unspecified atom stereocenters. The Morgan fingerprint density at radius 1 is 1.67 bits per heavy atom. The normalized spacial score (nSPS) is 14.6. The summed E-state index contributed by atoms with van der Waals surface area (Å²) < 4.78 is 0. The molecule has 0 radical (unpaired) electrons. The number of pyridine rings is 1. The van der Waals surface area contributed by atoms with Crippen LogP contribution in [0.15, 0.2) is 18.3 Å². The lowest BCUT2D eigenvalue weighted by atomic mass is 9.98. The standard InChI is InChI=1S/C10H14N2O3/c1-3-10(13)7(2)9-6-8(12(14)15)4-5-11-9/h4-7,10,13H,3H2,1-2H3. The highest BCUT2D eigenvalue weighted by Gasteiger charge is 2.18. The van der Waals surface area contributed by atoms with Crippen molar-refractivity contribution in [2.24, 2.45) is 0 Å². The third-order valence-electron chi connectivity index (χ3n) is 2.44. The molecule has 0 aliphatic carbocycles. The van der Waals surface area contributed by atoms with E-state index in [9.17, 15) is 15.2 Å². The molecule has 1 N–H and O–H groups in total. The number of rotatable bonds is 4. The molecule has 0 aliphatic heterocycles. The van der Waals surface area contributed by atoms with Crippen molar-refractivity contribution in [3.63, 3.8) is 0 Å². The van der Waals surface area contributed by atoms with Gasteiger partial charge in [-0.1, -0.05) is 13.8 Å². The predicted molar refractivity (Wildman–Crippen MR) is 55.6 cm³/mol. The average Bonchev–Trinajstić information content (AvgIpc) is 2.27. The molecule has 15 heavy (non-hydrogen) atoms. The molecule has 0 spiro atoms. The second kappa shape index (κ2) is 4.84. The quantitative estimate of drug-likeness (QED) is 0.608. The van der Waals surface area contributed by atoms with E-state index in [0.717, 1.165) is 0 Å². The van der Waals surface area contributed by atoms with Gasteiger partial charge in [0, 0.05) is 24.2 Å². The summed E-state index contributed by atoms with van der Waals surface area (Å²) in [6, 6.07) is 2.75. The van der Waals surface area contributed by atoms with Crippen LogP contribution in [-0.4, -0.2) is 21.1 Å². The van der Waals surface area contributed by atoms with Crippen molar-refractivity contribution in [3.05, 3.63) is 34.1 Å². The molecule has 0 bridgehead atoms. The summed E-state index contributed by atoms with van der Waals surface area (Å²) in [5, 5.41) is 20.1. The minimum atomic E-state index is -0.514. The van der Waals surface area contributed by atoms with E-state index in [1.807, 2.05) is 6.92 Å². The fourth-order valence-electron chi connectivity index (χ4n) is 1.35. The van der Waals surface area contributed by atoms with Gasteiger partial charge in [-0.3, -0.25) is 15.1 Å². The zero-order valence-corrected chi connectivity index (χ0v) is 8.75. The van der Waals surface area contributed by atoms with Crippen LogP contribution in [0.1, 0.15) is 31.9 Å². The van der Waals surface area contributed by atoms with Crippen LogP contribution < -0.4 is 0 Å². The molecule has 82 valence electrons. The van der Waals surface area contributed by atoms with Crippen molar-refractivity contribution in [2.45, 2.75) is 32.3 Å². The fourth-order valence-corrected chi connectivity index (χ4v) is 1.35. The molecule has 0 aromatic carbocycles. The number of aliphatic hydroxyl groups is 1. The summed E-state index contributed by atoms with van der Waals surface area (Å²) in [6.07, 6.45) is 1.48. The summed E-state index contributed by atoms with van der Waals surface area (Å²) in [6.45, 7) is 3.67. The molecule has 1 rings (SSSR count). The summed E-state index contributed by atoms with van der Waals surface area (Å²) >= 11 is 0. The molecule has 5 heteroatoms. The van der Waals surface area contributed by atoms with Gasteiger partial charge in [0.25, 0.3) is 5.69 Å². The smallest absolute Gasteiger partial charge is 0.272 e. The fraction of sp³-hybridized carbons (Fsp3) is 0.500. The third kappa shape index (κ3) is 2.73. The Morgan fingerprint density at radius 2 is 2.33 bits per heavy atom. The topological polar surface area (TPSA) is 76.3 Å². The summed E-state index contributed by atoms with van der Waals surface area (Å²) in [5.41, 5.74) is 0.564. The first-order valence-electron chi connectivity index (χ1n) is 4.84. The SMILES string of the molecule is CCC(O)C(C)c1cc([N+](=O)[O-])ccn1. The largest absolute Gasteiger partial charge is 0.392 e. The van der Waals surface area contributed by atoms with E-state index in [2.05, 4.69) is 4.98 Å². The third-order valence-corrected chi connectivity index (χ3v) is 2.44. The Hall–Kier alpha value is -1.49. The molecule has 0 saturated heterocycles. The molecule has 5 nitrogen and oxygen atoms in total. The van der Waals surface area contributed by atoms with Crippen LogP contribution in [0.2, 0.25) is 0 Å². The van der Waals surface area contributed by atoms with E-state index >= 15 is 0 Å². The van der Waals surface area contributed by atoms with Crippen LogP contribution >= 0.6 is 0 Å². The molecule has 0 aliphatic rings. The Bertz CT molecular complexity index is 354. The number of aliphatic hydroxyl groups excluding tert-OH is 1. The maximum absolute atomic E-state index is 10.5. The lowest BCUT2D eigenvalue weighted by Crippen LogP contribution is -2.15. The summed E-state index contributed by atoms with van der Waals surface area (Å²) in [4.78, 5) is 14.1. The summed E-state index contributed by atoms with van der Waals surface area (Å²) in [7, 11) is 0. The van der Waals surface area contributed by atoms with E-state index in [1.165, 1.54) is 18.3 Å². The first kappa shape index (κ1) is 11.6. The lowest BCUT2D eigenvalue weighted by molar-refractivity contribution is -0.385. The van der Waals surface area contributed by atoms with Gasteiger partial charge in [0.2, 0.25) is 0 Å². The van der Waals surface area contributed by atoms with Crippen molar-refractivity contribution < 1.29 is 10.0 Å². The molecular formula is C10H14N2O3. The lowest BCUT2D eigenvalue weighted by Gasteiger charge is -2.15. The number of hydrogen-bond acceptors (Lipinski definition) is 4. The number of hydrogen-bond donors (Lipinski definition) is 1. The molecule has 0 amide bonds. The Kier molecular flexibility index (Phi) is 3.74. The summed E-state index contributed by atoms with van der Waals surface area (Å²) in [5.74, 6) is -0.185. The number of nitro groups is 1. The van der Waals surface area contributed by atoms with Gasteiger partial charge < -0.3 is 5.11 Å². The molecule has 1 aromatic heterocycles. The van der Waals surface area contributed by atoms with E-state index in [1.54, 1.807) is 6.92 Å². The second-order valence-electron chi connectivity index (χ2n) is 3.46. The molecule has 1 aromatic rings. The van der Waals surface area contributed by atoms with Gasteiger partial charge in [0.05, 0.1) is 16.7 Å². The molecule has 1 heterocycles. The van der Waals surface area contributed by atoms with Crippen molar-refractivity contribution in [2.75, 3.05) is 0 Å².